The highest BCUT2D eigenvalue weighted by Crippen LogP contribution is 2.65. The lowest BCUT2D eigenvalue weighted by Gasteiger charge is -2.56. The number of carboxylic acids is 1. The summed E-state index contributed by atoms with van der Waals surface area (Å²) in [6.07, 6.45) is 12.3. The van der Waals surface area contributed by atoms with Gasteiger partial charge in [-0.15, -0.1) is 0 Å². The van der Waals surface area contributed by atoms with E-state index in [1.54, 1.807) is 7.11 Å². The van der Waals surface area contributed by atoms with Gasteiger partial charge in [0.15, 0.2) is 0 Å². The Bertz CT molecular complexity index is 619. The van der Waals surface area contributed by atoms with E-state index in [1.165, 1.54) is 18.4 Å². The number of hydrogen-bond donors (Lipinski definition) is 1. The van der Waals surface area contributed by atoms with Crippen molar-refractivity contribution in [1.82, 2.24) is 0 Å². The summed E-state index contributed by atoms with van der Waals surface area (Å²) < 4.78 is 5.50. The number of carboxylic acid groups (broad SMARTS) is 1. The number of hydrogen-bond acceptors (Lipinski definition) is 2. The smallest absolute Gasteiger partial charge is 0.307 e. The van der Waals surface area contributed by atoms with Gasteiger partial charge in [0.05, 0.1) is 18.8 Å². The molecule has 24 heavy (non-hydrogen) atoms. The predicted octanol–water partition coefficient (Wildman–Crippen LogP) is 4.79. The van der Waals surface area contributed by atoms with E-state index in [0.717, 1.165) is 37.9 Å². The number of carbonyl (C=O) groups is 1. The van der Waals surface area contributed by atoms with Crippen LogP contribution < -0.4 is 0 Å². The quantitative estimate of drug-likeness (QED) is 0.792. The molecule has 6 atom stereocenters. The monoisotopic (exact) mass is 330 g/mol. The highest BCUT2D eigenvalue weighted by atomic mass is 16.5. The first kappa shape index (κ1) is 16.2. The summed E-state index contributed by atoms with van der Waals surface area (Å²) in [4.78, 5) is 11.7. The van der Waals surface area contributed by atoms with Crippen molar-refractivity contribution in [3.8, 4) is 0 Å². The Morgan fingerprint density at radius 2 is 2.00 bits per heavy atom. The van der Waals surface area contributed by atoms with Crippen molar-refractivity contribution in [1.29, 1.82) is 0 Å². The average Bonchev–Trinajstić information content (AvgIpc) is 2.91. The number of fused-ring (bicyclic) bond motifs is 5. The van der Waals surface area contributed by atoms with E-state index in [9.17, 15) is 9.90 Å². The van der Waals surface area contributed by atoms with Gasteiger partial charge < -0.3 is 9.84 Å². The van der Waals surface area contributed by atoms with Crippen molar-refractivity contribution < 1.29 is 14.6 Å². The number of methoxy groups -OCH3 is 1. The summed E-state index contributed by atoms with van der Waals surface area (Å²) >= 11 is 0. The third-order valence-corrected chi connectivity index (χ3v) is 8.29. The Kier molecular flexibility index (Phi) is 3.63. The van der Waals surface area contributed by atoms with Crippen LogP contribution in [0.2, 0.25) is 0 Å². The van der Waals surface area contributed by atoms with Crippen LogP contribution in [-0.2, 0) is 9.53 Å². The third kappa shape index (κ3) is 2.06. The van der Waals surface area contributed by atoms with Crippen LogP contribution in [0, 0.1) is 34.5 Å². The summed E-state index contributed by atoms with van der Waals surface area (Å²) in [5.74, 6) is 2.37. The molecular formula is C21H30O3. The summed E-state index contributed by atoms with van der Waals surface area (Å²) in [6, 6.07) is 0. The fraction of sp³-hybridized carbons (Fsp3) is 0.762. The van der Waals surface area contributed by atoms with Crippen molar-refractivity contribution in [3.05, 3.63) is 23.5 Å². The van der Waals surface area contributed by atoms with Gasteiger partial charge in [-0.1, -0.05) is 19.9 Å². The zero-order chi connectivity index (χ0) is 17.1. The first-order valence-electron chi connectivity index (χ1n) is 9.58. The van der Waals surface area contributed by atoms with Crippen LogP contribution in [0.3, 0.4) is 0 Å². The normalized spacial score (nSPS) is 47.0. The van der Waals surface area contributed by atoms with Gasteiger partial charge in [-0.05, 0) is 78.8 Å². The first-order valence-corrected chi connectivity index (χ1v) is 9.58. The fourth-order valence-electron chi connectivity index (χ4n) is 6.87. The molecule has 4 aliphatic carbocycles. The topological polar surface area (TPSA) is 46.5 Å². The largest absolute Gasteiger partial charge is 0.501 e. The third-order valence-electron chi connectivity index (χ3n) is 8.29. The second kappa shape index (κ2) is 5.37. The molecule has 132 valence electrons. The van der Waals surface area contributed by atoms with Gasteiger partial charge in [0.25, 0.3) is 0 Å². The minimum absolute atomic E-state index is 0.0108. The molecule has 0 aromatic rings. The van der Waals surface area contributed by atoms with Gasteiger partial charge in [-0.3, -0.25) is 4.79 Å². The van der Waals surface area contributed by atoms with Gasteiger partial charge in [-0.2, -0.15) is 0 Å². The highest BCUT2D eigenvalue weighted by molar-refractivity contribution is 5.71. The maximum Gasteiger partial charge on any atom is 0.307 e. The lowest BCUT2D eigenvalue weighted by molar-refractivity contribution is -0.148. The fourth-order valence-corrected chi connectivity index (χ4v) is 6.87. The highest BCUT2D eigenvalue weighted by Gasteiger charge is 2.59. The molecule has 0 bridgehead atoms. The Morgan fingerprint density at radius 1 is 1.21 bits per heavy atom. The molecule has 3 heteroatoms. The molecule has 0 unspecified atom stereocenters. The Balaban J connectivity index is 1.68. The van der Waals surface area contributed by atoms with Crippen LogP contribution >= 0.6 is 0 Å². The van der Waals surface area contributed by atoms with Gasteiger partial charge in [-0.25, -0.2) is 0 Å². The van der Waals surface area contributed by atoms with Crippen LogP contribution in [0.25, 0.3) is 0 Å². The van der Waals surface area contributed by atoms with E-state index in [1.807, 2.05) is 0 Å². The molecule has 4 aliphatic rings. The van der Waals surface area contributed by atoms with Crippen molar-refractivity contribution in [2.24, 2.45) is 34.5 Å². The summed E-state index contributed by atoms with van der Waals surface area (Å²) in [5, 5.41) is 9.67. The minimum Gasteiger partial charge on any atom is -0.501 e. The molecule has 0 aromatic heterocycles. The molecule has 4 rings (SSSR count). The van der Waals surface area contributed by atoms with Gasteiger partial charge in [0.1, 0.15) is 0 Å². The first-order chi connectivity index (χ1) is 11.4. The molecule has 2 fully saturated rings. The maximum atomic E-state index is 11.7. The molecule has 0 spiro atoms. The lowest BCUT2D eigenvalue weighted by Crippen LogP contribution is -2.50. The molecule has 0 aromatic carbocycles. The molecule has 0 saturated heterocycles. The van der Waals surface area contributed by atoms with Crippen molar-refractivity contribution in [2.45, 2.75) is 58.8 Å². The van der Waals surface area contributed by atoms with Crippen LogP contribution in [-0.4, -0.2) is 18.2 Å². The second-order valence-electron chi connectivity index (χ2n) is 9.02. The number of aliphatic carboxylic acids is 1. The number of rotatable bonds is 2. The SMILES string of the molecule is COC1=CC2=CC[C@H]3[C@@H]4CC[C@H](C(=O)O)[C@@]4(C)CC[C@@H]3[C@@]2(C)CC1. The van der Waals surface area contributed by atoms with E-state index in [0.29, 0.717) is 17.8 Å². The van der Waals surface area contributed by atoms with E-state index >= 15 is 0 Å². The van der Waals surface area contributed by atoms with E-state index < -0.39 is 5.97 Å². The van der Waals surface area contributed by atoms with Gasteiger partial charge in [0.2, 0.25) is 0 Å². The molecular weight excluding hydrogens is 300 g/mol. The summed E-state index contributed by atoms with van der Waals surface area (Å²) in [6.45, 7) is 4.72. The Morgan fingerprint density at radius 3 is 2.71 bits per heavy atom. The summed E-state index contributed by atoms with van der Waals surface area (Å²) in [5.41, 5.74) is 1.74. The maximum absolute atomic E-state index is 11.7. The predicted molar refractivity (Wildman–Crippen MR) is 93.3 cm³/mol. The molecule has 0 amide bonds. The Hall–Kier alpha value is -1.25. The van der Waals surface area contributed by atoms with E-state index in [2.05, 4.69) is 26.0 Å². The second-order valence-corrected chi connectivity index (χ2v) is 9.02. The average molecular weight is 330 g/mol. The van der Waals surface area contributed by atoms with Gasteiger partial charge >= 0.3 is 5.97 Å². The van der Waals surface area contributed by atoms with Crippen LogP contribution in [0.15, 0.2) is 23.5 Å². The van der Waals surface area contributed by atoms with Crippen molar-refractivity contribution in [3.63, 3.8) is 0 Å². The zero-order valence-electron chi connectivity index (χ0n) is 15.2. The molecule has 0 aliphatic heterocycles. The molecule has 0 heterocycles. The molecule has 1 N–H and O–H groups in total. The van der Waals surface area contributed by atoms with Gasteiger partial charge in [0, 0.05) is 6.42 Å². The zero-order valence-corrected chi connectivity index (χ0v) is 15.2. The van der Waals surface area contributed by atoms with Crippen LogP contribution in [0.5, 0.6) is 0 Å². The van der Waals surface area contributed by atoms with E-state index in [-0.39, 0.29) is 16.7 Å². The van der Waals surface area contributed by atoms with Crippen molar-refractivity contribution in [2.75, 3.05) is 7.11 Å². The number of ether oxygens (including phenoxy) is 1. The molecule has 3 nitrogen and oxygen atoms in total. The van der Waals surface area contributed by atoms with Crippen molar-refractivity contribution >= 4 is 5.97 Å². The molecule has 2 saturated carbocycles. The van der Waals surface area contributed by atoms with Crippen LogP contribution in [0.4, 0.5) is 0 Å². The molecule has 0 radical (unpaired) electrons. The summed E-state index contributed by atoms with van der Waals surface area (Å²) in [7, 11) is 1.78. The minimum atomic E-state index is -0.568. The standard InChI is InChI=1S/C21H30O3/c1-20-10-8-14(24-3)12-13(20)4-5-15-16-6-7-18(19(22)23)21(16,2)11-9-17(15)20/h4,12,15-18H,5-11H2,1-3H3,(H,22,23)/t15-,16-,17-,18+,20-,21-/m0/s1. The lowest BCUT2D eigenvalue weighted by atomic mass is 9.48. The Labute approximate surface area is 145 Å². The van der Waals surface area contributed by atoms with Crippen LogP contribution in [0.1, 0.15) is 58.8 Å². The van der Waals surface area contributed by atoms with E-state index in [4.69, 9.17) is 4.74 Å². The number of allylic oxidation sites excluding steroid dienone is 4.